The number of hydrogen-bond acceptors (Lipinski definition) is 1. The molecule has 0 amide bonds. The number of hydrogen-bond donors (Lipinski definition) is 2. The van der Waals surface area contributed by atoms with Crippen molar-refractivity contribution in [3.05, 3.63) is 0 Å². The molecule has 0 aliphatic carbocycles. The molecule has 0 aliphatic heterocycles. The van der Waals surface area contributed by atoms with Gasteiger partial charge in [0.05, 0.1) is 0 Å². The van der Waals surface area contributed by atoms with Gasteiger partial charge in [-0.05, 0) is 0 Å². The minimum absolute atomic E-state index is 0. The van der Waals surface area contributed by atoms with Crippen LogP contribution in [0.3, 0.4) is 0 Å². The molecule has 0 bridgehead atoms. The molecule has 4 nitrogen and oxygen atoms in total. The Morgan fingerprint density at radius 2 is 1.20 bits per heavy atom. The summed E-state index contributed by atoms with van der Waals surface area (Å²) in [5.74, 6) is 0. The average molecular weight is 612 g/mol. The van der Waals surface area contributed by atoms with Crippen molar-refractivity contribution in [3.8, 4) is 0 Å². The second-order valence-corrected chi connectivity index (χ2v) is 0.283. The zero-order valence-corrected chi connectivity index (χ0v) is 10.4. The van der Waals surface area contributed by atoms with Crippen LogP contribution in [0.25, 0.3) is 0 Å². The average Bonchev–Trinajstić information content (AvgIpc) is 0.811. The summed E-state index contributed by atoms with van der Waals surface area (Å²) in [6, 6.07) is 0. The van der Waals surface area contributed by atoms with Gasteiger partial charge in [-0.15, -0.1) is 0 Å². The zero-order chi connectivity index (χ0) is 3.58. The van der Waals surface area contributed by atoms with Crippen molar-refractivity contribution in [2.45, 2.75) is 0 Å². The van der Waals surface area contributed by atoms with Crippen molar-refractivity contribution in [1.82, 2.24) is 0 Å². The van der Waals surface area contributed by atoms with Gasteiger partial charge >= 0.3 is 122 Å². The van der Waals surface area contributed by atoms with E-state index in [0.29, 0.717) is 0 Å². The predicted octanol–water partition coefficient (Wildman–Crippen LogP) is -3.09. The van der Waals surface area contributed by atoms with Gasteiger partial charge in [0.1, 0.15) is 0 Å². The SMILES string of the molecule is O.O=C(O)O.[BaH2].[CaH2].[NaH].[U].[Y]. The Labute approximate surface area is 200 Å². The van der Waals surface area contributed by atoms with Crippen LogP contribution in [0.15, 0.2) is 0 Å². The van der Waals surface area contributed by atoms with Crippen LogP contribution < -0.4 is 0 Å². The molecule has 0 spiro atoms. The van der Waals surface area contributed by atoms with E-state index in [-0.39, 0.29) is 185 Å². The fourth-order valence-electron chi connectivity index (χ4n) is 0. The first-order valence-electron chi connectivity index (χ1n) is 0.651. The van der Waals surface area contributed by atoms with E-state index >= 15 is 0 Å². The molecule has 1 radical (unpaired) electrons. The number of rotatable bonds is 0. The molecule has 0 fully saturated rings. The normalized spacial score (nSPS) is 2.40. The van der Waals surface area contributed by atoms with E-state index < -0.39 is 6.16 Å². The summed E-state index contributed by atoms with van der Waals surface area (Å²) in [6.07, 6.45) is -1.83. The van der Waals surface area contributed by atoms with Crippen LogP contribution in [0, 0.1) is 31.1 Å². The smallest absolute Gasteiger partial charge is 0 e. The predicted molar refractivity (Wildman–Crippen MR) is 38.5 cm³/mol. The molecule has 0 heterocycles. The van der Waals surface area contributed by atoms with Crippen LogP contribution in [-0.4, -0.2) is 138 Å². The quantitative estimate of drug-likeness (QED) is 0.285. The van der Waals surface area contributed by atoms with Crippen LogP contribution in [0.2, 0.25) is 0 Å². The van der Waals surface area contributed by atoms with Gasteiger partial charge in [0.2, 0.25) is 0 Å². The third-order valence-electron chi connectivity index (χ3n) is 0. The molecule has 0 atom stereocenters. The van der Waals surface area contributed by atoms with Gasteiger partial charge in [-0.2, -0.15) is 0 Å². The summed E-state index contributed by atoms with van der Waals surface area (Å²) in [5, 5.41) is 13.9. The van der Waals surface area contributed by atoms with E-state index in [1.165, 1.54) is 0 Å². The maximum Gasteiger partial charge on any atom is 0 e. The Kier molecular flexibility index (Phi) is 168. The molecular formula is CH9BaCaNaO4UY. The number of carbonyl (C=O) groups is 1. The summed E-state index contributed by atoms with van der Waals surface area (Å²) in [4.78, 5) is 8.56. The minimum Gasteiger partial charge on any atom is 0 e. The summed E-state index contributed by atoms with van der Waals surface area (Å²) in [7, 11) is 0. The third kappa shape index (κ3) is 72.5. The number of carboxylic acid groups (broad SMARTS) is 2. The van der Waals surface area contributed by atoms with Gasteiger partial charge in [0.15, 0.2) is 0 Å². The van der Waals surface area contributed by atoms with Crippen molar-refractivity contribution in [2.24, 2.45) is 0 Å². The standard InChI is InChI=1S/CH2O3.Ba.Ca.Na.H2O.U.Y.5H/c2-1(3)4;;;;;;;;;;;/h(H2,2,3,4);;;;1H2;;;;;;;. The van der Waals surface area contributed by atoms with Crippen molar-refractivity contribution in [1.29, 1.82) is 0 Å². The Hall–Kier alpha value is 5.22. The zero-order valence-electron chi connectivity index (χ0n) is 3.38. The van der Waals surface area contributed by atoms with Gasteiger partial charge in [0.25, 0.3) is 0 Å². The summed E-state index contributed by atoms with van der Waals surface area (Å²) in [6.45, 7) is 0. The maximum atomic E-state index is 8.56. The summed E-state index contributed by atoms with van der Waals surface area (Å²) >= 11 is 0. The molecule has 0 aromatic carbocycles. The summed E-state index contributed by atoms with van der Waals surface area (Å²) in [5.41, 5.74) is 0. The maximum absolute atomic E-state index is 8.56. The fourth-order valence-corrected chi connectivity index (χ4v) is 0. The molecule has 4 N–H and O–H groups in total. The van der Waals surface area contributed by atoms with E-state index in [2.05, 4.69) is 0 Å². The fraction of sp³-hybridized carbons (Fsp3) is 0. The van der Waals surface area contributed by atoms with Crippen LogP contribution in [0.1, 0.15) is 0 Å². The molecule has 0 aliphatic rings. The monoisotopic (exact) mass is 613 g/mol. The summed E-state index contributed by atoms with van der Waals surface area (Å²) < 4.78 is 0. The Bertz CT molecular complexity index is 48.2. The third-order valence-corrected chi connectivity index (χ3v) is 0. The van der Waals surface area contributed by atoms with Crippen LogP contribution in [0.4, 0.5) is 4.79 Å². The van der Waals surface area contributed by atoms with Crippen molar-refractivity contribution in [3.63, 3.8) is 0 Å². The molecule has 49 valence electrons. The molecule has 0 rings (SSSR count). The van der Waals surface area contributed by atoms with E-state index in [0.717, 1.165) is 0 Å². The molecule has 0 aromatic heterocycles. The molecule has 10 heavy (non-hydrogen) atoms. The van der Waals surface area contributed by atoms with E-state index in [4.69, 9.17) is 15.0 Å². The Balaban J connectivity index is -0.00000000300. The Morgan fingerprint density at radius 1 is 1.20 bits per heavy atom. The van der Waals surface area contributed by atoms with Gasteiger partial charge in [-0.3, -0.25) is 0 Å². The van der Waals surface area contributed by atoms with Crippen LogP contribution in [-0.2, 0) is 32.7 Å². The molecule has 9 heteroatoms. The van der Waals surface area contributed by atoms with Crippen molar-refractivity contribution < 1.29 is 84.3 Å². The molecule has 0 aromatic rings. The first-order chi connectivity index (χ1) is 1.73. The van der Waals surface area contributed by atoms with Gasteiger partial charge in [-0.25, -0.2) is 4.79 Å². The van der Waals surface area contributed by atoms with Crippen LogP contribution in [0.5, 0.6) is 0 Å². The second-order valence-electron chi connectivity index (χ2n) is 0.283. The Morgan fingerprint density at radius 3 is 1.20 bits per heavy atom. The molecule has 0 saturated heterocycles. The largest absolute Gasteiger partial charge is 0 e. The van der Waals surface area contributed by atoms with E-state index in [1.54, 1.807) is 0 Å². The second kappa shape index (κ2) is 36.8. The van der Waals surface area contributed by atoms with E-state index in [1.807, 2.05) is 0 Å². The van der Waals surface area contributed by atoms with Crippen LogP contribution >= 0.6 is 0 Å². The van der Waals surface area contributed by atoms with Crippen molar-refractivity contribution in [2.75, 3.05) is 0 Å². The van der Waals surface area contributed by atoms with Gasteiger partial charge in [0, 0.05) is 63.8 Å². The van der Waals surface area contributed by atoms with Crippen molar-refractivity contribution >= 4 is 122 Å². The first-order valence-corrected chi connectivity index (χ1v) is 0.651. The molecular weight excluding hydrogens is 603 g/mol. The van der Waals surface area contributed by atoms with Gasteiger partial charge < -0.3 is 15.7 Å². The van der Waals surface area contributed by atoms with E-state index in [9.17, 15) is 0 Å². The minimum atomic E-state index is -1.83. The first kappa shape index (κ1) is 45.6. The molecule has 0 saturated carbocycles. The molecule has 0 unspecified atom stereocenters. The van der Waals surface area contributed by atoms with Gasteiger partial charge in [-0.1, -0.05) is 0 Å². The topological polar surface area (TPSA) is 89.0 Å².